The maximum absolute atomic E-state index is 12.9. The van der Waals surface area contributed by atoms with Crippen molar-refractivity contribution in [1.82, 2.24) is 19.6 Å². The van der Waals surface area contributed by atoms with Crippen LogP contribution in [0.4, 0.5) is 18.9 Å². The van der Waals surface area contributed by atoms with E-state index in [1.54, 1.807) is 37.8 Å². The number of alkyl halides is 3. The van der Waals surface area contributed by atoms with Crippen molar-refractivity contribution in [2.45, 2.75) is 26.6 Å². The predicted molar refractivity (Wildman–Crippen MR) is 101 cm³/mol. The third-order valence-corrected chi connectivity index (χ3v) is 4.79. The number of nitrogens with one attached hydrogen (secondary N) is 1. The molecule has 148 valence electrons. The van der Waals surface area contributed by atoms with Crippen LogP contribution in [-0.4, -0.2) is 25.5 Å². The minimum absolute atomic E-state index is 0.153. The Morgan fingerprint density at radius 3 is 2.57 bits per heavy atom. The van der Waals surface area contributed by atoms with Crippen LogP contribution in [0, 0.1) is 13.8 Å². The van der Waals surface area contributed by atoms with E-state index in [4.69, 9.17) is 0 Å². The fraction of sp³-hybridized carbons (Fsp3) is 0.278. The van der Waals surface area contributed by atoms with Gasteiger partial charge in [0.25, 0.3) is 5.91 Å². The zero-order valence-corrected chi connectivity index (χ0v) is 16.9. The van der Waals surface area contributed by atoms with Gasteiger partial charge in [0, 0.05) is 13.2 Å². The van der Waals surface area contributed by atoms with Crippen LogP contribution in [0.15, 0.2) is 34.9 Å². The van der Waals surface area contributed by atoms with E-state index in [1.165, 1.54) is 10.7 Å². The van der Waals surface area contributed by atoms with Crippen LogP contribution in [0.2, 0.25) is 0 Å². The molecule has 6 nitrogen and oxygen atoms in total. The van der Waals surface area contributed by atoms with E-state index < -0.39 is 17.6 Å². The molecule has 0 aliphatic heterocycles. The Bertz CT molecular complexity index is 1040. The van der Waals surface area contributed by atoms with Crippen LogP contribution >= 0.6 is 15.9 Å². The highest BCUT2D eigenvalue weighted by molar-refractivity contribution is 9.10. The van der Waals surface area contributed by atoms with Gasteiger partial charge in [-0.15, -0.1) is 0 Å². The summed E-state index contributed by atoms with van der Waals surface area (Å²) in [5, 5.41) is 11.2. The maximum atomic E-state index is 12.9. The van der Waals surface area contributed by atoms with Crippen molar-refractivity contribution >= 4 is 27.5 Å². The van der Waals surface area contributed by atoms with Gasteiger partial charge in [-0.1, -0.05) is 12.1 Å². The third kappa shape index (κ3) is 4.11. The number of hydrogen-bond acceptors (Lipinski definition) is 3. The van der Waals surface area contributed by atoms with E-state index in [1.807, 2.05) is 0 Å². The van der Waals surface area contributed by atoms with Gasteiger partial charge in [-0.3, -0.25) is 14.2 Å². The van der Waals surface area contributed by atoms with E-state index in [0.717, 1.165) is 12.1 Å². The molecular formula is C18H17BrF3N5O. The second-order valence-corrected chi connectivity index (χ2v) is 7.21. The van der Waals surface area contributed by atoms with Gasteiger partial charge >= 0.3 is 6.18 Å². The third-order valence-electron chi connectivity index (χ3n) is 4.21. The van der Waals surface area contributed by atoms with E-state index in [-0.39, 0.29) is 12.2 Å². The highest BCUT2D eigenvalue weighted by atomic mass is 79.9. The monoisotopic (exact) mass is 455 g/mol. The first-order chi connectivity index (χ1) is 13.1. The lowest BCUT2D eigenvalue weighted by Gasteiger charge is -2.10. The maximum Gasteiger partial charge on any atom is 0.416 e. The molecule has 3 rings (SSSR count). The molecule has 0 spiro atoms. The molecule has 1 N–H and O–H groups in total. The molecule has 0 aliphatic carbocycles. The van der Waals surface area contributed by atoms with Gasteiger partial charge in [-0.2, -0.15) is 23.4 Å². The van der Waals surface area contributed by atoms with E-state index in [0.29, 0.717) is 27.1 Å². The lowest BCUT2D eigenvalue weighted by atomic mass is 10.1. The summed E-state index contributed by atoms with van der Waals surface area (Å²) in [5.41, 5.74) is 1.69. The number of rotatable bonds is 4. The number of carbonyl (C=O) groups excluding carboxylic acids is 1. The van der Waals surface area contributed by atoms with Gasteiger partial charge < -0.3 is 5.32 Å². The Labute approximate surface area is 167 Å². The first-order valence-electron chi connectivity index (χ1n) is 8.27. The zero-order chi connectivity index (χ0) is 20.6. The first-order valence-corrected chi connectivity index (χ1v) is 9.06. The van der Waals surface area contributed by atoms with Gasteiger partial charge in [0.15, 0.2) is 5.69 Å². The van der Waals surface area contributed by atoms with Crippen LogP contribution in [-0.2, 0) is 19.8 Å². The molecule has 2 aromatic heterocycles. The number of halogens is 4. The molecule has 0 bridgehead atoms. The summed E-state index contributed by atoms with van der Waals surface area (Å²) in [6, 6.07) is 5.10. The van der Waals surface area contributed by atoms with Crippen molar-refractivity contribution in [3.63, 3.8) is 0 Å². The highest BCUT2D eigenvalue weighted by Gasteiger charge is 2.30. The van der Waals surface area contributed by atoms with Gasteiger partial charge in [-0.05, 0) is 47.5 Å². The van der Waals surface area contributed by atoms with Crippen LogP contribution < -0.4 is 5.32 Å². The van der Waals surface area contributed by atoms with Crippen LogP contribution in [0.5, 0.6) is 0 Å². The van der Waals surface area contributed by atoms with E-state index >= 15 is 0 Å². The second kappa shape index (κ2) is 7.42. The van der Waals surface area contributed by atoms with E-state index in [9.17, 15) is 18.0 Å². The fourth-order valence-electron chi connectivity index (χ4n) is 2.84. The van der Waals surface area contributed by atoms with Crippen molar-refractivity contribution in [3.8, 4) is 0 Å². The van der Waals surface area contributed by atoms with Crippen molar-refractivity contribution < 1.29 is 18.0 Å². The zero-order valence-electron chi connectivity index (χ0n) is 15.3. The summed E-state index contributed by atoms with van der Waals surface area (Å²) in [5.74, 6) is -0.405. The number of aryl methyl sites for hydroxylation is 2. The van der Waals surface area contributed by atoms with Crippen molar-refractivity contribution in [2.24, 2.45) is 7.05 Å². The molecule has 1 amide bonds. The molecule has 2 heterocycles. The number of aromatic nitrogens is 4. The Morgan fingerprint density at radius 1 is 1.25 bits per heavy atom. The summed E-state index contributed by atoms with van der Waals surface area (Å²) < 4.78 is 42.4. The van der Waals surface area contributed by atoms with Crippen molar-refractivity contribution in [2.75, 3.05) is 5.32 Å². The average molecular weight is 456 g/mol. The number of amides is 1. The summed E-state index contributed by atoms with van der Waals surface area (Å²) in [4.78, 5) is 12.5. The molecule has 28 heavy (non-hydrogen) atoms. The van der Waals surface area contributed by atoms with Crippen LogP contribution in [0.25, 0.3) is 0 Å². The number of anilines is 1. The SMILES string of the molecule is Cc1nn(Cc2cccc(C(F)(F)F)c2)c(C)c1NC(=O)c1nn(C)cc1Br. The molecule has 3 aromatic rings. The molecule has 10 heteroatoms. The summed E-state index contributed by atoms with van der Waals surface area (Å²) in [7, 11) is 1.70. The molecule has 0 saturated carbocycles. The van der Waals surface area contributed by atoms with Gasteiger partial charge in [0.05, 0.1) is 33.7 Å². The molecule has 0 saturated heterocycles. The van der Waals surface area contributed by atoms with Crippen molar-refractivity contribution in [3.05, 3.63) is 63.1 Å². The number of hydrogen-bond donors (Lipinski definition) is 1. The van der Waals surface area contributed by atoms with Gasteiger partial charge in [0.2, 0.25) is 0 Å². The quantitative estimate of drug-likeness (QED) is 0.637. The molecule has 0 aliphatic rings. The number of benzene rings is 1. The minimum Gasteiger partial charge on any atom is -0.317 e. The normalized spacial score (nSPS) is 11.7. The van der Waals surface area contributed by atoms with Gasteiger partial charge in [-0.25, -0.2) is 0 Å². The smallest absolute Gasteiger partial charge is 0.317 e. The largest absolute Gasteiger partial charge is 0.416 e. The Hall–Kier alpha value is -2.62. The minimum atomic E-state index is -4.40. The Morgan fingerprint density at radius 2 is 1.96 bits per heavy atom. The standard InChI is InChI=1S/C18H17BrF3N5O/c1-10-15(23-17(28)16-14(19)9-26(3)25-16)11(2)27(24-10)8-12-5-4-6-13(7-12)18(20,21)22/h4-7,9H,8H2,1-3H3,(H,23,28). The fourth-order valence-corrected chi connectivity index (χ4v) is 3.39. The van der Waals surface area contributed by atoms with Crippen LogP contribution in [0.1, 0.15) is 33.0 Å². The van der Waals surface area contributed by atoms with Crippen LogP contribution in [0.3, 0.4) is 0 Å². The first kappa shape index (κ1) is 20.1. The number of carbonyl (C=O) groups is 1. The van der Waals surface area contributed by atoms with Crippen molar-refractivity contribution in [1.29, 1.82) is 0 Å². The predicted octanol–water partition coefficient (Wildman–Crippen LogP) is 4.32. The molecule has 1 aromatic carbocycles. The Balaban J connectivity index is 1.84. The summed E-state index contributed by atoms with van der Waals surface area (Å²) in [6.45, 7) is 3.62. The second-order valence-electron chi connectivity index (χ2n) is 6.36. The molecule has 0 radical (unpaired) electrons. The topological polar surface area (TPSA) is 64.7 Å². The lowest BCUT2D eigenvalue weighted by Crippen LogP contribution is -2.15. The molecule has 0 fully saturated rings. The van der Waals surface area contributed by atoms with E-state index in [2.05, 4.69) is 31.4 Å². The number of nitrogens with zero attached hydrogens (tertiary/aromatic N) is 4. The summed E-state index contributed by atoms with van der Waals surface area (Å²) in [6.07, 6.45) is -2.74. The lowest BCUT2D eigenvalue weighted by molar-refractivity contribution is -0.137. The molecule has 0 atom stereocenters. The molecule has 0 unspecified atom stereocenters. The summed E-state index contributed by atoms with van der Waals surface area (Å²) >= 11 is 3.28. The highest BCUT2D eigenvalue weighted by Crippen LogP contribution is 2.30. The average Bonchev–Trinajstić information content (AvgIpc) is 3.07. The Kier molecular flexibility index (Phi) is 5.33. The molecular weight excluding hydrogens is 439 g/mol. The van der Waals surface area contributed by atoms with Gasteiger partial charge in [0.1, 0.15) is 0 Å².